The number of benzene rings is 1. The molecule has 0 spiro atoms. The molecule has 2 atom stereocenters. The van der Waals surface area contributed by atoms with Gasteiger partial charge in [-0.1, -0.05) is 23.4 Å². The molecule has 3 aromatic rings. The number of amides is 1. The van der Waals surface area contributed by atoms with Gasteiger partial charge in [0, 0.05) is 12.5 Å². The van der Waals surface area contributed by atoms with Crippen LogP contribution in [-0.4, -0.2) is 32.0 Å². The van der Waals surface area contributed by atoms with Gasteiger partial charge in [0.1, 0.15) is 11.9 Å². The number of aliphatic hydroxyl groups excluding tert-OH is 1. The number of carbonyl (C=O) groups is 1. The van der Waals surface area contributed by atoms with Crippen molar-refractivity contribution in [2.24, 2.45) is 0 Å². The summed E-state index contributed by atoms with van der Waals surface area (Å²) in [5.41, 5.74) is 1.04. The molecule has 2 unspecified atom stereocenters. The molecular formula is C17H18N4O3. The largest absolute Gasteiger partial charge is 0.467 e. The van der Waals surface area contributed by atoms with Crippen molar-refractivity contribution in [2.45, 2.75) is 25.5 Å². The number of aliphatic hydroxyl groups is 1. The molecule has 0 bridgehead atoms. The fourth-order valence-corrected chi connectivity index (χ4v) is 2.36. The molecule has 7 heteroatoms. The van der Waals surface area contributed by atoms with E-state index in [2.05, 4.69) is 15.6 Å². The van der Waals surface area contributed by atoms with E-state index in [0.29, 0.717) is 12.2 Å². The summed E-state index contributed by atoms with van der Waals surface area (Å²) in [6.45, 7) is 1.81. The zero-order valence-electron chi connectivity index (χ0n) is 13.2. The first kappa shape index (κ1) is 15.9. The van der Waals surface area contributed by atoms with Crippen LogP contribution in [0.5, 0.6) is 0 Å². The van der Waals surface area contributed by atoms with E-state index >= 15 is 0 Å². The summed E-state index contributed by atoms with van der Waals surface area (Å²) >= 11 is 0. The molecule has 1 aromatic carbocycles. The molecule has 0 aliphatic carbocycles. The minimum absolute atomic E-state index is 0.221. The maximum Gasteiger partial charge on any atom is 0.273 e. The second-order valence-corrected chi connectivity index (χ2v) is 5.53. The summed E-state index contributed by atoms with van der Waals surface area (Å²) in [5, 5.41) is 20.7. The molecule has 2 aromatic heterocycles. The van der Waals surface area contributed by atoms with E-state index in [4.69, 9.17) is 4.42 Å². The molecule has 3 rings (SSSR count). The van der Waals surface area contributed by atoms with Crippen molar-refractivity contribution in [3.8, 4) is 5.69 Å². The van der Waals surface area contributed by atoms with E-state index in [1.54, 1.807) is 18.3 Å². The van der Waals surface area contributed by atoms with Gasteiger partial charge >= 0.3 is 0 Å². The highest BCUT2D eigenvalue weighted by Crippen LogP contribution is 2.18. The van der Waals surface area contributed by atoms with Crippen LogP contribution in [0.2, 0.25) is 0 Å². The quantitative estimate of drug-likeness (QED) is 0.723. The average Bonchev–Trinajstić information content (AvgIpc) is 3.27. The Morgan fingerprint density at radius 3 is 2.79 bits per heavy atom. The molecule has 124 valence electrons. The number of nitrogens with zero attached hydrogens (tertiary/aromatic N) is 3. The second kappa shape index (κ2) is 7.10. The van der Waals surface area contributed by atoms with E-state index < -0.39 is 6.10 Å². The molecule has 1 amide bonds. The third kappa shape index (κ3) is 3.69. The van der Waals surface area contributed by atoms with Crippen LogP contribution in [0.25, 0.3) is 5.69 Å². The summed E-state index contributed by atoms with van der Waals surface area (Å²) < 4.78 is 6.69. The number of nitrogens with one attached hydrogen (secondary N) is 1. The Kier molecular flexibility index (Phi) is 4.72. The maximum atomic E-state index is 12.2. The zero-order chi connectivity index (χ0) is 16.9. The summed E-state index contributed by atoms with van der Waals surface area (Å²) in [4.78, 5) is 12.2. The van der Waals surface area contributed by atoms with E-state index in [1.807, 2.05) is 37.3 Å². The van der Waals surface area contributed by atoms with E-state index in [9.17, 15) is 9.90 Å². The fourth-order valence-electron chi connectivity index (χ4n) is 2.36. The second-order valence-electron chi connectivity index (χ2n) is 5.53. The normalized spacial score (nSPS) is 13.4. The van der Waals surface area contributed by atoms with Crippen LogP contribution in [-0.2, 0) is 0 Å². The monoisotopic (exact) mass is 326 g/mol. The number of aromatic nitrogens is 3. The Balaban J connectivity index is 1.60. The Bertz CT molecular complexity index is 783. The lowest BCUT2D eigenvalue weighted by Crippen LogP contribution is -2.34. The van der Waals surface area contributed by atoms with Crippen LogP contribution in [0.15, 0.2) is 59.3 Å². The summed E-state index contributed by atoms with van der Waals surface area (Å²) in [5.74, 6) is 0.141. The first-order chi connectivity index (χ1) is 11.6. The number of furan rings is 1. The summed E-state index contributed by atoms with van der Waals surface area (Å²) in [6.07, 6.45) is 2.64. The van der Waals surface area contributed by atoms with Crippen LogP contribution >= 0.6 is 0 Å². The van der Waals surface area contributed by atoms with Crippen LogP contribution in [0.3, 0.4) is 0 Å². The molecule has 2 N–H and O–H groups in total. The molecule has 24 heavy (non-hydrogen) atoms. The first-order valence-corrected chi connectivity index (χ1v) is 7.63. The Hall–Kier alpha value is -2.93. The lowest BCUT2D eigenvalue weighted by atomic mass is 10.1. The van der Waals surface area contributed by atoms with Gasteiger partial charge in [0.15, 0.2) is 5.69 Å². The van der Waals surface area contributed by atoms with Crippen molar-refractivity contribution in [3.63, 3.8) is 0 Å². The standard InChI is InChI=1S/C17H18N4O3/c1-12(10-15(22)16-8-5-9-24-16)18-17(23)14-11-21(20-19-14)13-6-3-2-4-7-13/h2-9,11-12,15,22H,10H2,1H3,(H,18,23). The van der Waals surface area contributed by atoms with Gasteiger partial charge in [-0.25, -0.2) is 4.68 Å². The Morgan fingerprint density at radius 1 is 1.29 bits per heavy atom. The Labute approximate surface area is 138 Å². The molecule has 0 aliphatic rings. The fraction of sp³-hybridized carbons (Fsp3) is 0.235. The van der Waals surface area contributed by atoms with Crippen molar-refractivity contribution in [1.82, 2.24) is 20.3 Å². The molecule has 0 aliphatic heterocycles. The molecule has 0 saturated heterocycles. The number of hydrogen-bond acceptors (Lipinski definition) is 5. The van der Waals surface area contributed by atoms with E-state index in [0.717, 1.165) is 5.69 Å². The van der Waals surface area contributed by atoms with Gasteiger partial charge in [0.05, 0.1) is 18.1 Å². The van der Waals surface area contributed by atoms with Crippen molar-refractivity contribution in [1.29, 1.82) is 0 Å². The van der Waals surface area contributed by atoms with Crippen molar-refractivity contribution in [2.75, 3.05) is 0 Å². The summed E-state index contributed by atoms with van der Waals surface area (Å²) in [6, 6.07) is 12.6. The van der Waals surface area contributed by atoms with Crippen LogP contribution in [0.1, 0.15) is 35.7 Å². The third-order valence-corrected chi connectivity index (χ3v) is 3.57. The molecule has 0 saturated carbocycles. The van der Waals surface area contributed by atoms with E-state index in [1.165, 1.54) is 10.9 Å². The van der Waals surface area contributed by atoms with Crippen LogP contribution in [0, 0.1) is 0 Å². The highest BCUT2D eigenvalue weighted by atomic mass is 16.4. The lowest BCUT2D eigenvalue weighted by molar-refractivity contribution is 0.0898. The number of carbonyl (C=O) groups excluding carboxylic acids is 1. The highest BCUT2D eigenvalue weighted by molar-refractivity contribution is 5.92. The molecular weight excluding hydrogens is 308 g/mol. The van der Waals surface area contributed by atoms with Gasteiger partial charge in [0.25, 0.3) is 5.91 Å². The van der Waals surface area contributed by atoms with Crippen molar-refractivity contribution < 1.29 is 14.3 Å². The SMILES string of the molecule is CC(CC(O)c1ccco1)NC(=O)c1cn(-c2ccccc2)nn1. The number of para-hydroxylation sites is 1. The predicted molar refractivity (Wildman–Crippen MR) is 86.6 cm³/mol. The van der Waals surface area contributed by atoms with Crippen molar-refractivity contribution in [3.05, 3.63) is 66.4 Å². The average molecular weight is 326 g/mol. The zero-order valence-corrected chi connectivity index (χ0v) is 13.2. The first-order valence-electron chi connectivity index (χ1n) is 7.63. The molecule has 0 fully saturated rings. The van der Waals surface area contributed by atoms with Gasteiger partial charge in [0.2, 0.25) is 0 Å². The number of hydrogen-bond donors (Lipinski definition) is 2. The molecule has 2 heterocycles. The predicted octanol–water partition coefficient (Wildman–Crippen LogP) is 2.10. The minimum atomic E-state index is -0.768. The van der Waals surface area contributed by atoms with Crippen LogP contribution < -0.4 is 5.32 Å². The van der Waals surface area contributed by atoms with Crippen molar-refractivity contribution >= 4 is 5.91 Å². The third-order valence-electron chi connectivity index (χ3n) is 3.57. The van der Waals surface area contributed by atoms with Gasteiger partial charge in [-0.05, 0) is 31.2 Å². The molecule has 0 radical (unpaired) electrons. The van der Waals surface area contributed by atoms with Gasteiger partial charge in [-0.2, -0.15) is 0 Å². The topological polar surface area (TPSA) is 93.2 Å². The van der Waals surface area contributed by atoms with Crippen LogP contribution in [0.4, 0.5) is 0 Å². The van der Waals surface area contributed by atoms with Gasteiger partial charge < -0.3 is 14.8 Å². The minimum Gasteiger partial charge on any atom is -0.467 e. The highest BCUT2D eigenvalue weighted by Gasteiger charge is 2.18. The summed E-state index contributed by atoms with van der Waals surface area (Å²) in [7, 11) is 0. The Morgan fingerprint density at radius 2 is 2.08 bits per heavy atom. The number of rotatable bonds is 6. The van der Waals surface area contributed by atoms with E-state index in [-0.39, 0.29) is 17.6 Å². The van der Waals surface area contributed by atoms with Gasteiger partial charge in [-0.15, -0.1) is 5.10 Å². The maximum absolute atomic E-state index is 12.2. The lowest BCUT2D eigenvalue weighted by Gasteiger charge is -2.15. The van der Waals surface area contributed by atoms with Gasteiger partial charge in [-0.3, -0.25) is 4.79 Å². The smallest absolute Gasteiger partial charge is 0.273 e. The molecule has 7 nitrogen and oxygen atoms in total.